The minimum atomic E-state index is -1.22. The molecular weight excluding hydrogens is 424 g/mol. The molecule has 0 spiro atoms. The predicted octanol–water partition coefficient (Wildman–Crippen LogP) is 1.80. The van der Waals surface area contributed by atoms with Gasteiger partial charge in [-0.25, -0.2) is 0 Å². The highest BCUT2D eigenvalue weighted by Crippen LogP contribution is 2.31. The Labute approximate surface area is 187 Å². The summed E-state index contributed by atoms with van der Waals surface area (Å²) in [6, 6.07) is 6.50. The Hall–Kier alpha value is -3.11. The van der Waals surface area contributed by atoms with Crippen LogP contribution in [0.4, 0.5) is 0 Å². The number of ether oxygens (including phenoxy) is 7. The van der Waals surface area contributed by atoms with E-state index in [4.69, 9.17) is 34.5 Å². The molecule has 176 valence electrons. The standard InChI is InChI=1S/C22H28O10/c1-6-11-27-20-19(29-14(3)24)18(12-28-13(2)23)32-22(21(20)30-15(4)25)31-17-9-7-16(26-5)8-10-17/h6-10,18-22H,1,11-12H2,2-5H3/t18-,19+,20+,21-,22?/m1/s1/i6D. The van der Waals surface area contributed by atoms with E-state index in [-0.39, 0.29) is 19.3 Å². The van der Waals surface area contributed by atoms with Crippen molar-refractivity contribution in [1.29, 1.82) is 0 Å². The number of hydrogen-bond acceptors (Lipinski definition) is 10. The van der Waals surface area contributed by atoms with E-state index in [9.17, 15) is 14.4 Å². The molecule has 1 fully saturated rings. The first-order valence-corrected chi connectivity index (χ1v) is 9.80. The second-order valence-corrected chi connectivity index (χ2v) is 6.81. The van der Waals surface area contributed by atoms with Crippen LogP contribution in [-0.4, -0.2) is 68.9 Å². The maximum atomic E-state index is 11.9. The Morgan fingerprint density at radius 3 is 2.12 bits per heavy atom. The van der Waals surface area contributed by atoms with Gasteiger partial charge in [0, 0.05) is 20.8 Å². The Morgan fingerprint density at radius 1 is 1.00 bits per heavy atom. The normalized spacial score (nSPS) is 25.1. The van der Waals surface area contributed by atoms with Gasteiger partial charge in [-0.2, -0.15) is 0 Å². The smallest absolute Gasteiger partial charge is 0.303 e. The van der Waals surface area contributed by atoms with Crippen molar-refractivity contribution in [2.24, 2.45) is 0 Å². The van der Waals surface area contributed by atoms with E-state index in [0.29, 0.717) is 11.5 Å². The van der Waals surface area contributed by atoms with Crippen LogP contribution in [0.1, 0.15) is 22.1 Å². The predicted molar refractivity (Wildman–Crippen MR) is 110 cm³/mol. The van der Waals surface area contributed by atoms with Gasteiger partial charge in [-0.3, -0.25) is 14.4 Å². The van der Waals surface area contributed by atoms with E-state index in [1.54, 1.807) is 24.3 Å². The fourth-order valence-corrected chi connectivity index (χ4v) is 3.09. The SMILES string of the molecule is [2H]C(=C)CO[C@H]1[C@@H](OC(C)=O)[C@@H](COC(C)=O)OC(Oc2ccc(OC)cc2)[C@@H]1OC(C)=O. The number of hydrogen-bond donors (Lipinski definition) is 0. The fraction of sp³-hybridized carbons (Fsp3) is 0.500. The maximum absolute atomic E-state index is 11.9. The molecule has 0 aliphatic carbocycles. The minimum Gasteiger partial charge on any atom is -0.497 e. The van der Waals surface area contributed by atoms with E-state index in [2.05, 4.69) is 6.58 Å². The van der Waals surface area contributed by atoms with Gasteiger partial charge in [0.25, 0.3) is 0 Å². The minimum absolute atomic E-state index is 0.0613. The molecular formula is C22H28O10. The van der Waals surface area contributed by atoms with Gasteiger partial charge in [0.1, 0.15) is 30.3 Å². The Kier molecular flexibility index (Phi) is 8.88. The molecule has 0 bridgehead atoms. The molecule has 1 saturated heterocycles. The third-order valence-corrected chi connectivity index (χ3v) is 4.34. The highest BCUT2D eigenvalue weighted by molar-refractivity contribution is 5.67. The van der Waals surface area contributed by atoms with Gasteiger partial charge in [0.05, 0.1) is 15.1 Å². The van der Waals surface area contributed by atoms with Gasteiger partial charge >= 0.3 is 17.9 Å². The largest absolute Gasteiger partial charge is 0.497 e. The van der Waals surface area contributed by atoms with Crippen LogP contribution in [-0.2, 0) is 38.1 Å². The van der Waals surface area contributed by atoms with Gasteiger partial charge in [-0.05, 0) is 24.3 Å². The summed E-state index contributed by atoms with van der Waals surface area (Å²) in [5, 5.41) is 0. The zero-order valence-corrected chi connectivity index (χ0v) is 18.4. The number of carbonyl (C=O) groups excluding carboxylic acids is 3. The summed E-state index contributed by atoms with van der Waals surface area (Å²) < 4.78 is 46.2. The molecule has 2 rings (SSSR count). The molecule has 10 nitrogen and oxygen atoms in total. The number of benzene rings is 1. The maximum Gasteiger partial charge on any atom is 0.303 e. The van der Waals surface area contributed by atoms with Gasteiger partial charge < -0.3 is 33.2 Å². The van der Waals surface area contributed by atoms with Crippen LogP contribution in [0.3, 0.4) is 0 Å². The van der Waals surface area contributed by atoms with Crippen molar-refractivity contribution < 1.29 is 48.9 Å². The number of esters is 3. The summed E-state index contributed by atoms with van der Waals surface area (Å²) in [6.45, 7) is 6.54. The van der Waals surface area contributed by atoms with Crippen LogP contribution in [0.2, 0.25) is 0 Å². The monoisotopic (exact) mass is 453 g/mol. The van der Waals surface area contributed by atoms with Crippen molar-refractivity contribution in [3.63, 3.8) is 0 Å². The van der Waals surface area contributed by atoms with E-state index in [1.165, 1.54) is 27.9 Å². The van der Waals surface area contributed by atoms with Gasteiger partial charge in [0.15, 0.2) is 12.2 Å². The van der Waals surface area contributed by atoms with Crippen molar-refractivity contribution in [3.05, 3.63) is 36.9 Å². The quantitative estimate of drug-likeness (QED) is 0.295. The molecule has 1 aliphatic heterocycles. The summed E-state index contributed by atoms with van der Waals surface area (Å²) in [5.74, 6) is -0.942. The third-order valence-electron chi connectivity index (χ3n) is 4.34. The molecule has 1 aromatic carbocycles. The van der Waals surface area contributed by atoms with Crippen molar-refractivity contribution in [3.8, 4) is 11.5 Å². The number of carbonyl (C=O) groups is 3. The van der Waals surface area contributed by atoms with E-state index >= 15 is 0 Å². The Morgan fingerprint density at radius 2 is 1.59 bits per heavy atom. The highest BCUT2D eigenvalue weighted by atomic mass is 16.7. The molecule has 0 saturated carbocycles. The molecule has 32 heavy (non-hydrogen) atoms. The lowest BCUT2D eigenvalue weighted by Crippen LogP contribution is -2.63. The van der Waals surface area contributed by atoms with Gasteiger partial charge in [-0.15, -0.1) is 6.58 Å². The number of methoxy groups -OCH3 is 1. The third kappa shape index (κ3) is 7.24. The van der Waals surface area contributed by atoms with E-state index < -0.39 is 48.6 Å². The van der Waals surface area contributed by atoms with Crippen molar-refractivity contribution in [2.75, 3.05) is 20.3 Å². The lowest BCUT2D eigenvalue weighted by atomic mass is 9.98. The van der Waals surface area contributed by atoms with E-state index in [1.807, 2.05) is 0 Å². The zero-order valence-electron chi connectivity index (χ0n) is 19.4. The summed E-state index contributed by atoms with van der Waals surface area (Å²) in [5.41, 5.74) is 0. The molecule has 10 heteroatoms. The summed E-state index contributed by atoms with van der Waals surface area (Å²) >= 11 is 0. The topological polar surface area (TPSA) is 116 Å². The average molecular weight is 453 g/mol. The molecule has 0 aromatic heterocycles. The highest BCUT2D eigenvalue weighted by Gasteiger charge is 2.52. The number of rotatable bonds is 10. The Balaban J connectivity index is 2.42. The van der Waals surface area contributed by atoms with Gasteiger partial charge in [-0.1, -0.05) is 6.05 Å². The van der Waals surface area contributed by atoms with Crippen LogP contribution in [0, 0.1) is 0 Å². The van der Waals surface area contributed by atoms with Crippen LogP contribution in [0.15, 0.2) is 36.9 Å². The lowest BCUT2D eigenvalue weighted by molar-refractivity contribution is -0.291. The average Bonchev–Trinajstić information content (AvgIpc) is 2.73. The molecule has 1 heterocycles. The van der Waals surface area contributed by atoms with Gasteiger partial charge in [0.2, 0.25) is 6.29 Å². The fourth-order valence-electron chi connectivity index (χ4n) is 3.09. The molecule has 0 radical (unpaired) electrons. The zero-order chi connectivity index (χ0) is 24.5. The summed E-state index contributed by atoms with van der Waals surface area (Å²) in [4.78, 5) is 35.0. The summed E-state index contributed by atoms with van der Waals surface area (Å²) in [6.07, 6.45) is -5.68. The molecule has 0 N–H and O–H groups in total. The molecule has 1 aliphatic rings. The van der Waals surface area contributed by atoms with Crippen LogP contribution in [0.25, 0.3) is 0 Å². The first-order chi connectivity index (χ1) is 15.6. The summed E-state index contributed by atoms with van der Waals surface area (Å²) in [7, 11) is 1.52. The lowest BCUT2D eigenvalue weighted by Gasteiger charge is -2.44. The van der Waals surface area contributed by atoms with Crippen molar-refractivity contribution in [2.45, 2.75) is 51.5 Å². The first-order valence-electron chi connectivity index (χ1n) is 10.3. The van der Waals surface area contributed by atoms with Crippen molar-refractivity contribution in [1.82, 2.24) is 0 Å². The van der Waals surface area contributed by atoms with Crippen LogP contribution < -0.4 is 9.47 Å². The van der Waals surface area contributed by atoms with Crippen LogP contribution >= 0.6 is 0 Å². The van der Waals surface area contributed by atoms with Crippen LogP contribution in [0.5, 0.6) is 11.5 Å². The molecule has 1 unspecified atom stereocenters. The van der Waals surface area contributed by atoms with Crippen molar-refractivity contribution >= 4 is 17.9 Å². The first kappa shape index (κ1) is 23.6. The molecule has 1 aromatic rings. The molecule has 5 atom stereocenters. The second kappa shape index (κ2) is 12.1. The Bertz CT molecular complexity index is 840. The second-order valence-electron chi connectivity index (χ2n) is 6.81. The molecule has 0 amide bonds. The van der Waals surface area contributed by atoms with E-state index in [0.717, 1.165) is 0 Å².